The number of carbonyl (C=O) groups is 3. The molecule has 1 aromatic rings. The Hall–Kier alpha value is -3.14. The van der Waals surface area contributed by atoms with E-state index >= 15 is 4.39 Å². The zero-order valence-electron chi connectivity index (χ0n) is 20.7. The molecule has 0 N–H and O–H groups in total. The summed E-state index contributed by atoms with van der Waals surface area (Å²) in [6.45, 7) is 4.81. The number of hydrogen-bond donors (Lipinski definition) is 0. The van der Waals surface area contributed by atoms with Crippen LogP contribution in [0.3, 0.4) is 0 Å². The third-order valence-corrected chi connectivity index (χ3v) is 7.44. The van der Waals surface area contributed by atoms with Crippen molar-refractivity contribution in [2.24, 2.45) is 10.9 Å². The molecule has 1 aromatic carbocycles. The molecule has 10 heteroatoms. The number of fused-ring (bicyclic) bond motifs is 1. The van der Waals surface area contributed by atoms with E-state index in [-0.39, 0.29) is 29.8 Å². The smallest absolute Gasteiger partial charge is 0.338 e. The van der Waals surface area contributed by atoms with Crippen molar-refractivity contribution >= 4 is 34.8 Å². The number of aliphatic imine (C=N–C) groups is 1. The number of thioether (sulfide) groups is 1. The maximum absolute atomic E-state index is 15.1. The average molecular weight is 516 g/mol. The summed E-state index contributed by atoms with van der Waals surface area (Å²) < 4.78 is 25.3. The summed E-state index contributed by atoms with van der Waals surface area (Å²) in [5.74, 6) is -1.81. The highest BCUT2D eigenvalue weighted by atomic mass is 32.2. The molecule has 1 fully saturated rings. The Morgan fingerprint density at radius 1 is 1.22 bits per heavy atom. The molecule has 0 unspecified atom stereocenters. The molecular weight excluding hydrogens is 485 g/mol. The molecule has 0 bridgehead atoms. The van der Waals surface area contributed by atoms with Crippen molar-refractivity contribution in [3.8, 4) is 0 Å². The number of hydrogen-bond acceptors (Lipinski definition) is 8. The third kappa shape index (κ3) is 5.04. The number of carbonyl (C=O) groups excluding carboxylic acids is 3. The van der Waals surface area contributed by atoms with Crippen LogP contribution < -0.4 is 0 Å². The summed E-state index contributed by atoms with van der Waals surface area (Å²) in [5, 5.41) is 2.41. The number of rotatable bonds is 7. The molecule has 3 aliphatic rings. The van der Waals surface area contributed by atoms with Crippen LogP contribution in [0.2, 0.25) is 0 Å². The van der Waals surface area contributed by atoms with Gasteiger partial charge >= 0.3 is 11.9 Å². The minimum Gasteiger partial charge on any atom is -0.466 e. The largest absolute Gasteiger partial charge is 0.466 e. The molecule has 0 aliphatic carbocycles. The molecule has 8 nitrogen and oxygen atoms in total. The van der Waals surface area contributed by atoms with Gasteiger partial charge in [0.25, 0.3) is 0 Å². The van der Waals surface area contributed by atoms with E-state index in [2.05, 4.69) is 4.99 Å². The summed E-state index contributed by atoms with van der Waals surface area (Å²) in [5.41, 5.74) is 1.71. The number of allylic oxidation sites excluding steroid dienone is 1. The van der Waals surface area contributed by atoms with Gasteiger partial charge in [0.1, 0.15) is 5.82 Å². The van der Waals surface area contributed by atoms with Crippen LogP contribution in [0.5, 0.6) is 0 Å². The number of benzene rings is 1. The van der Waals surface area contributed by atoms with Crippen molar-refractivity contribution in [2.75, 3.05) is 26.8 Å². The Morgan fingerprint density at radius 2 is 2.00 bits per heavy atom. The maximum atomic E-state index is 15.1. The van der Waals surface area contributed by atoms with E-state index in [9.17, 15) is 14.4 Å². The van der Waals surface area contributed by atoms with Gasteiger partial charge in [0.2, 0.25) is 5.91 Å². The van der Waals surface area contributed by atoms with Crippen molar-refractivity contribution in [3.63, 3.8) is 0 Å². The van der Waals surface area contributed by atoms with Crippen molar-refractivity contribution in [1.29, 1.82) is 0 Å². The van der Waals surface area contributed by atoms with Gasteiger partial charge in [-0.2, -0.15) is 0 Å². The first-order valence-corrected chi connectivity index (χ1v) is 13.0. The summed E-state index contributed by atoms with van der Waals surface area (Å²) in [4.78, 5) is 46.6. The van der Waals surface area contributed by atoms with Crippen LogP contribution in [-0.4, -0.2) is 59.6 Å². The second-order valence-electron chi connectivity index (χ2n) is 8.73. The van der Waals surface area contributed by atoms with Crippen LogP contribution in [0.1, 0.15) is 51.1 Å². The molecule has 2 atom stereocenters. The summed E-state index contributed by atoms with van der Waals surface area (Å²) in [6, 6.07) is 5.47. The number of halogens is 1. The van der Waals surface area contributed by atoms with Crippen molar-refractivity contribution in [2.45, 2.75) is 45.6 Å². The van der Waals surface area contributed by atoms with Crippen LogP contribution in [0.15, 0.2) is 51.6 Å². The zero-order valence-corrected chi connectivity index (χ0v) is 21.5. The lowest BCUT2D eigenvalue weighted by atomic mass is 9.92. The first-order chi connectivity index (χ1) is 17.4. The Kier molecular flexibility index (Phi) is 8.13. The van der Waals surface area contributed by atoms with E-state index < -0.39 is 17.8 Å². The number of nitrogens with zero attached hydrogens (tertiary/aromatic N) is 3. The predicted molar refractivity (Wildman–Crippen MR) is 134 cm³/mol. The van der Waals surface area contributed by atoms with Crippen LogP contribution >= 0.6 is 11.8 Å². The Bertz CT molecular complexity index is 1150. The average Bonchev–Trinajstić information content (AvgIpc) is 3.29. The monoisotopic (exact) mass is 515 g/mol. The fraction of sp³-hybridized carbons (Fsp3) is 0.462. The number of likely N-dealkylation sites (tertiary alicyclic amines) is 1. The second kappa shape index (κ2) is 11.3. The van der Waals surface area contributed by atoms with Gasteiger partial charge in [-0.05, 0) is 37.7 Å². The maximum Gasteiger partial charge on any atom is 0.338 e. The lowest BCUT2D eigenvalue weighted by Gasteiger charge is -2.37. The molecule has 0 saturated carbocycles. The standard InChI is InChI=1S/C26H30FN3O5S/c1-4-20-22(25(33)34-3)23(18-10-6-7-11-19(18)27)30-17(15-36-26(30)28-20)13-21(31)29-12-8-9-16(14-29)24(32)35-5-2/h6-7,10-11,15-16,23H,4-5,8-9,12-14H2,1-3H3/t16-,23+/m1/s1. The van der Waals surface area contributed by atoms with E-state index in [1.165, 1.54) is 24.9 Å². The van der Waals surface area contributed by atoms with Gasteiger partial charge in [-0.25, -0.2) is 14.2 Å². The lowest BCUT2D eigenvalue weighted by molar-refractivity contribution is -0.151. The second-order valence-corrected chi connectivity index (χ2v) is 9.57. The van der Waals surface area contributed by atoms with Crippen LogP contribution in [-0.2, 0) is 23.9 Å². The SMILES string of the molecule is CCOC(=O)[C@@H]1CCCN(C(=O)CC2=CSC3=NC(CC)=C(C(=O)OC)[C@H](c4ccccc4F)N23)C1. The molecule has 36 heavy (non-hydrogen) atoms. The summed E-state index contributed by atoms with van der Waals surface area (Å²) >= 11 is 1.34. The topological polar surface area (TPSA) is 88.5 Å². The van der Waals surface area contributed by atoms with E-state index in [1.54, 1.807) is 34.9 Å². The van der Waals surface area contributed by atoms with E-state index in [4.69, 9.17) is 9.47 Å². The lowest BCUT2D eigenvalue weighted by Crippen LogP contribution is -2.44. The predicted octanol–water partition coefficient (Wildman–Crippen LogP) is 4.16. The van der Waals surface area contributed by atoms with Gasteiger partial charge in [0.05, 0.1) is 43.4 Å². The Morgan fingerprint density at radius 3 is 2.69 bits per heavy atom. The van der Waals surface area contributed by atoms with E-state index in [0.717, 1.165) is 0 Å². The molecular formula is C26H30FN3O5S. The highest BCUT2D eigenvalue weighted by Crippen LogP contribution is 2.46. The number of ether oxygens (including phenoxy) is 2. The van der Waals surface area contributed by atoms with Crippen LogP contribution in [0.25, 0.3) is 0 Å². The fourth-order valence-corrected chi connectivity index (χ4v) is 5.76. The molecule has 1 amide bonds. The summed E-state index contributed by atoms with van der Waals surface area (Å²) in [7, 11) is 1.29. The van der Waals surface area contributed by atoms with Gasteiger partial charge in [0.15, 0.2) is 5.17 Å². The van der Waals surface area contributed by atoms with Gasteiger partial charge in [-0.3, -0.25) is 9.59 Å². The molecule has 0 spiro atoms. The third-order valence-electron chi connectivity index (χ3n) is 6.56. The minimum atomic E-state index is -0.816. The highest BCUT2D eigenvalue weighted by molar-refractivity contribution is 8.16. The highest BCUT2D eigenvalue weighted by Gasteiger charge is 2.43. The zero-order chi connectivity index (χ0) is 25.8. The Balaban J connectivity index is 1.63. The first-order valence-electron chi connectivity index (χ1n) is 12.1. The van der Waals surface area contributed by atoms with Crippen LogP contribution in [0.4, 0.5) is 4.39 Å². The number of amides is 1. The van der Waals surface area contributed by atoms with Gasteiger partial charge in [-0.15, -0.1) is 0 Å². The van der Waals surface area contributed by atoms with Gasteiger partial charge < -0.3 is 19.3 Å². The van der Waals surface area contributed by atoms with E-state index in [0.29, 0.717) is 61.1 Å². The molecule has 3 heterocycles. The van der Waals surface area contributed by atoms with Gasteiger partial charge in [0, 0.05) is 24.4 Å². The Labute approximate surface area is 214 Å². The molecule has 192 valence electrons. The molecule has 0 aromatic heterocycles. The number of esters is 2. The van der Waals surface area contributed by atoms with Crippen LogP contribution in [0, 0.1) is 11.7 Å². The molecule has 4 rings (SSSR count). The molecule has 0 radical (unpaired) electrons. The molecule has 1 saturated heterocycles. The normalized spacial score (nSPS) is 21.6. The van der Waals surface area contributed by atoms with Crippen molar-refractivity contribution in [1.82, 2.24) is 9.80 Å². The minimum absolute atomic E-state index is 0.0302. The quantitative estimate of drug-likeness (QED) is 0.504. The van der Waals surface area contributed by atoms with E-state index in [1.807, 2.05) is 12.3 Å². The number of piperidine rings is 1. The number of methoxy groups -OCH3 is 1. The first kappa shape index (κ1) is 25.9. The fourth-order valence-electron chi connectivity index (χ4n) is 4.83. The molecule has 3 aliphatic heterocycles. The summed E-state index contributed by atoms with van der Waals surface area (Å²) in [6.07, 6.45) is 1.89. The van der Waals surface area contributed by atoms with Gasteiger partial charge in [-0.1, -0.05) is 36.9 Å². The van der Waals surface area contributed by atoms with Crippen molar-refractivity contribution in [3.05, 3.63) is 58.0 Å². The van der Waals surface area contributed by atoms with Crippen molar-refractivity contribution < 1.29 is 28.2 Å². The number of amidine groups is 1.